The van der Waals surface area contributed by atoms with Crippen molar-refractivity contribution in [3.8, 4) is 0 Å². The van der Waals surface area contributed by atoms with Crippen LogP contribution in [0.4, 0.5) is 0 Å². The third-order valence-electron chi connectivity index (χ3n) is 4.58. The van der Waals surface area contributed by atoms with E-state index in [0.717, 1.165) is 11.8 Å². The van der Waals surface area contributed by atoms with E-state index in [1.807, 2.05) is 0 Å². The van der Waals surface area contributed by atoms with Crippen molar-refractivity contribution in [1.29, 1.82) is 0 Å². The van der Waals surface area contributed by atoms with Crippen LogP contribution in [0.25, 0.3) is 0 Å². The van der Waals surface area contributed by atoms with Gasteiger partial charge in [0.2, 0.25) is 0 Å². The Balaban J connectivity index is 2.45. The van der Waals surface area contributed by atoms with Gasteiger partial charge >= 0.3 is 0 Å². The minimum atomic E-state index is 0.691. The van der Waals surface area contributed by atoms with E-state index in [-0.39, 0.29) is 0 Å². The normalized spacial score (nSPS) is 33.2. The van der Waals surface area contributed by atoms with Crippen molar-refractivity contribution in [2.75, 3.05) is 0 Å². The summed E-state index contributed by atoms with van der Waals surface area (Å²) in [5, 5.41) is 0. The lowest BCUT2D eigenvalue weighted by Gasteiger charge is -2.33. The highest BCUT2D eigenvalue weighted by atomic mass is 14.4. The van der Waals surface area contributed by atoms with Gasteiger partial charge in [-0.2, -0.15) is 0 Å². The van der Waals surface area contributed by atoms with E-state index in [2.05, 4.69) is 27.7 Å². The van der Waals surface area contributed by atoms with Crippen molar-refractivity contribution < 1.29 is 0 Å². The molecule has 1 fully saturated rings. The topological polar surface area (TPSA) is 0 Å². The summed E-state index contributed by atoms with van der Waals surface area (Å²) in [4.78, 5) is 0. The average Bonchev–Trinajstić information content (AvgIpc) is 2.49. The van der Waals surface area contributed by atoms with Gasteiger partial charge in [-0.05, 0) is 42.9 Å². The lowest BCUT2D eigenvalue weighted by atomic mass is 9.72. The molecule has 1 rings (SSSR count). The molecule has 0 spiro atoms. The van der Waals surface area contributed by atoms with Crippen LogP contribution in [0.3, 0.4) is 0 Å². The molecule has 0 aromatic heterocycles. The lowest BCUT2D eigenvalue weighted by molar-refractivity contribution is 0.174. The zero-order valence-corrected chi connectivity index (χ0v) is 11.3. The Kier molecular flexibility index (Phi) is 5.15. The largest absolute Gasteiger partial charge is 0.0654 e. The molecule has 0 radical (unpaired) electrons. The van der Waals surface area contributed by atoms with Crippen molar-refractivity contribution in [2.24, 2.45) is 17.3 Å². The minimum absolute atomic E-state index is 0.691. The SMILES string of the molecule is CCCC(C)CC1CCCC1(C)CCC. The van der Waals surface area contributed by atoms with Gasteiger partial charge in [-0.25, -0.2) is 0 Å². The highest BCUT2D eigenvalue weighted by Crippen LogP contribution is 2.49. The van der Waals surface area contributed by atoms with Gasteiger partial charge in [-0.1, -0.05) is 53.4 Å². The van der Waals surface area contributed by atoms with Crippen molar-refractivity contribution >= 4 is 0 Å². The van der Waals surface area contributed by atoms with Crippen LogP contribution in [0, 0.1) is 17.3 Å². The van der Waals surface area contributed by atoms with Gasteiger partial charge < -0.3 is 0 Å². The Morgan fingerprint density at radius 1 is 1.27 bits per heavy atom. The Morgan fingerprint density at radius 3 is 2.60 bits per heavy atom. The summed E-state index contributed by atoms with van der Waals surface area (Å²) in [6.45, 7) is 9.66. The zero-order chi connectivity index (χ0) is 11.3. The molecular formula is C15H30. The average molecular weight is 210 g/mol. The predicted molar refractivity (Wildman–Crippen MR) is 69.0 cm³/mol. The molecule has 0 aromatic carbocycles. The highest BCUT2D eigenvalue weighted by molar-refractivity contribution is 4.88. The summed E-state index contributed by atoms with van der Waals surface area (Å²) in [5.74, 6) is 1.98. The Morgan fingerprint density at radius 2 is 2.00 bits per heavy atom. The molecule has 1 aliphatic carbocycles. The van der Waals surface area contributed by atoms with Gasteiger partial charge in [0.05, 0.1) is 0 Å². The molecule has 1 saturated carbocycles. The molecule has 15 heavy (non-hydrogen) atoms. The van der Waals surface area contributed by atoms with E-state index in [9.17, 15) is 0 Å². The molecule has 3 unspecified atom stereocenters. The molecule has 0 nitrogen and oxygen atoms in total. The van der Waals surface area contributed by atoms with Crippen molar-refractivity contribution in [1.82, 2.24) is 0 Å². The standard InChI is InChI=1S/C15H30/c1-5-8-13(3)12-14-9-7-11-15(14,4)10-6-2/h13-14H,5-12H2,1-4H3. The predicted octanol–water partition coefficient (Wildman–Crippen LogP) is 5.42. The minimum Gasteiger partial charge on any atom is -0.0654 e. The third-order valence-corrected chi connectivity index (χ3v) is 4.58. The second-order valence-electron chi connectivity index (χ2n) is 6.12. The van der Waals surface area contributed by atoms with Gasteiger partial charge in [0.25, 0.3) is 0 Å². The monoisotopic (exact) mass is 210 g/mol. The molecule has 3 atom stereocenters. The third kappa shape index (κ3) is 3.50. The quantitative estimate of drug-likeness (QED) is 0.549. The summed E-state index contributed by atoms with van der Waals surface area (Å²) in [6.07, 6.45) is 11.6. The fourth-order valence-electron chi connectivity index (χ4n) is 3.70. The van der Waals surface area contributed by atoms with E-state index in [1.54, 1.807) is 0 Å². The first-order valence-electron chi connectivity index (χ1n) is 7.12. The van der Waals surface area contributed by atoms with E-state index in [1.165, 1.54) is 51.4 Å². The van der Waals surface area contributed by atoms with Crippen LogP contribution in [-0.2, 0) is 0 Å². The van der Waals surface area contributed by atoms with E-state index in [0.29, 0.717) is 5.41 Å². The van der Waals surface area contributed by atoms with Crippen LogP contribution in [0.2, 0.25) is 0 Å². The summed E-state index contributed by atoms with van der Waals surface area (Å²) >= 11 is 0. The smallest absolute Gasteiger partial charge is 0.0298 e. The Labute approximate surface area is 96.8 Å². The second kappa shape index (κ2) is 5.92. The van der Waals surface area contributed by atoms with E-state index in [4.69, 9.17) is 0 Å². The first-order valence-corrected chi connectivity index (χ1v) is 7.12. The van der Waals surface area contributed by atoms with Crippen molar-refractivity contribution in [2.45, 2.75) is 79.1 Å². The molecule has 0 heteroatoms. The van der Waals surface area contributed by atoms with Crippen molar-refractivity contribution in [3.63, 3.8) is 0 Å². The van der Waals surface area contributed by atoms with Gasteiger partial charge in [-0.15, -0.1) is 0 Å². The van der Waals surface area contributed by atoms with Gasteiger partial charge in [0, 0.05) is 0 Å². The van der Waals surface area contributed by atoms with Crippen LogP contribution in [-0.4, -0.2) is 0 Å². The molecule has 0 bridgehead atoms. The Hall–Kier alpha value is 0. The van der Waals surface area contributed by atoms with Crippen LogP contribution < -0.4 is 0 Å². The molecule has 0 N–H and O–H groups in total. The zero-order valence-electron chi connectivity index (χ0n) is 11.3. The van der Waals surface area contributed by atoms with E-state index >= 15 is 0 Å². The van der Waals surface area contributed by atoms with Crippen LogP contribution in [0.15, 0.2) is 0 Å². The molecule has 0 heterocycles. The molecule has 90 valence electrons. The van der Waals surface area contributed by atoms with Crippen LogP contribution in [0.5, 0.6) is 0 Å². The first-order chi connectivity index (χ1) is 7.12. The maximum Gasteiger partial charge on any atom is -0.0298 e. The number of hydrogen-bond acceptors (Lipinski definition) is 0. The Bertz CT molecular complexity index is 173. The van der Waals surface area contributed by atoms with Gasteiger partial charge in [-0.3, -0.25) is 0 Å². The maximum absolute atomic E-state index is 2.55. The fourth-order valence-corrected chi connectivity index (χ4v) is 3.70. The van der Waals surface area contributed by atoms with Crippen LogP contribution in [0.1, 0.15) is 79.1 Å². The molecule has 0 amide bonds. The first kappa shape index (κ1) is 13.1. The molecular weight excluding hydrogens is 180 g/mol. The fraction of sp³-hybridized carbons (Fsp3) is 1.00. The molecule has 1 aliphatic rings. The summed E-state index contributed by atoms with van der Waals surface area (Å²) in [7, 11) is 0. The molecule has 0 aromatic rings. The highest BCUT2D eigenvalue weighted by Gasteiger charge is 2.37. The summed E-state index contributed by atoms with van der Waals surface area (Å²) in [5.41, 5.74) is 0.691. The van der Waals surface area contributed by atoms with E-state index < -0.39 is 0 Å². The number of hydrogen-bond donors (Lipinski definition) is 0. The maximum atomic E-state index is 2.55. The summed E-state index contributed by atoms with van der Waals surface area (Å²) < 4.78 is 0. The van der Waals surface area contributed by atoms with Gasteiger partial charge in [0.1, 0.15) is 0 Å². The molecule has 0 saturated heterocycles. The second-order valence-corrected chi connectivity index (χ2v) is 6.12. The van der Waals surface area contributed by atoms with Crippen molar-refractivity contribution in [3.05, 3.63) is 0 Å². The number of rotatable bonds is 6. The molecule has 0 aliphatic heterocycles. The lowest BCUT2D eigenvalue weighted by Crippen LogP contribution is -2.23. The van der Waals surface area contributed by atoms with Gasteiger partial charge in [0.15, 0.2) is 0 Å². The summed E-state index contributed by atoms with van der Waals surface area (Å²) in [6, 6.07) is 0. The van der Waals surface area contributed by atoms with Crippen LogP contribution >= 0.6 is 0 Å².